The van der Waals surface area contributed by atoms with Gasteiger partial charge >= 0.3 is 0 Å². The molecule has 0 fully saturated rings. The van der Waals surface area contributed by atoms with E-state index in [0.29, 0.717) is 0 Å². The van der Waals surface area contributed by atoms with Crippen LogP contribution in [0.15, 0.2) is 140 Å². The molecule has 178 valence electrons. The monoisotopic (exact) mass is 485 g/mol. The van der Waals surface area contributed by atoms with Crippen molar-refractivity contribution < 1.29 is 0 Å². The Morgan fingerprint density at radius 2 is 1.08 bits per heavy atom. The number of aromatic nitrogens is 3. The van der Waals surface area contributed by atoms with Crippen molar-refractivity contribution in [1.82, 2.24) is 15.0 Å². The summed E-state index contributed by atoms with van der Waals surface area (Å²) in [5.74, 6) is 0. The quantitative estimate of drug-likeness (QED) is 0.250. The number of fused-ring (bicyclic) bond motifs is 2. The molecule has 4 aromatic carbocycles. The Morgan fingerprint density at radius 1 is 0.395 bits per heavy atom. The summed E-state index contributed by atoms with van der Waals surface area (Å²) in [6, 6.07) is 45.9. The molecule has 7 aromatic rings. The molecule has 3 nitrogen and oxygen atoms in total. The highest BCUT2D eigenvalue weighted by Gasteiger charge is 2.12. The predicted molar refractivity (Wildman–Crippen MR) is 157 cm³/mol. The highest BCUT2D eigenvalue weighted by molar-refractivity contribution is 5.99. The Balaban J connectivity index is 1.37. The second-order valence-corrected chi connectivity index (χ2v) is 9.34. The van der Waals surface area contributed by atoms with Gasteiger partial charge in [0.1, 0.15) is 0 Å². The highest BCUT2D eigenvalue weighted by Crippen LogP contribution is 2.35. The number of para-hydroxylation sites is 1. The Labute approximate surface area is 221 Å². The summed E-state index contributed by atoms with van der Waals surface area (Å²) in [6.45, 7) is 0. The van der Waals surface area contributed by atoms with E-state index in [1.165, 1.54) is 11.1 Å². The third kappa shape index (κ3) is 4.10. The van der Waals surface area contributed by atoms with Gasteiger partial charge < -0.3 is 0 Å². The van der Waals surface area contributed by atoms with Gasteiger partial charge in [-0.3, -0.25) is 4.98 Å². The fraction of sp³-hybridized carbons (Fsp3) is 0. The van der Waals surface area contributed by atoms with Crippen LogP contribution in [0.1, 0.15) is 0 Å². The molecular weight excluding hydrogens is 462 g/mol. The van der Waals surface area contributed by atoms with Gasteiger partial charge in [-0.2, -0.15) is 0 Å². The van der Waals surface area contributed by atoms with Crippen LogP contribution in [0, 0.1) is 0 Å². The molecule has 0 unspecified atom stereocenters. The second-order valence-electron chi connectivity index (χ2n) is 9.34. The van der Waals surface area contributed by atoms with Crippen molar-refractivity contribution in [3.63, 3.8) is 0 Å². The van der Waals surface area contributed by atoms with E-state index in [1.54, 1.807) is 0 Å². The van der Waals surface area contributed by atoms with Crippen molar-refractivity contribution in [3.05, 3.63) is 140 Å². The van der Waals surface area contributed by atoms with Gasteiger partial charge in [-0.05, 0) is 53.1 Å². The summed E-state index contributed by atoms with van der Waals surface area (Å²) < 4.78 is 0. The minimum Gasteiger partial charge on any atom is -0.254 e. The molecule has 3 heteroatoms. The first-order chi connectivity index (χ1) is 18.8. The Bertz CT molecular complexity index is 1890. The number of nitrogens with zero attached hydrogens (tertiary/aromatic N) is 3. The molecule has 0 radical (unpaired) electrons. The minimum absolute atomic E-state index is 0.853. The lowest BCUT2D eigenvalue weighted by atomic mass is 9.96. The van der Waals surface area contributed by atoms with E-state index in [-0.39, 0.29) is 0 Å². The average molecular weight is 486 g/mol. The van der Waals surface area contributed by atoms with Gasteiger partial charge in [0.15, 0.2) is 0 Å². The molecule has 0 atom stereocenters. The first-order valence-corrected chi connectivity index (χ1v) is 12.7. The van der Waals surface area contributed by atoms with E-state index in [2.05, 4.69) is 84.9 Å². The first kappa shape index (κ1) is 22.1. The van der Waals surface area contributed by atoms with Gasteiger partial charge in [0, 0.05) is 28.1 Å². The molecule has 0 amide bonds. The van der Waals surface area contributed by atoms with Crippen molar-refractivity contribution in [3.8, 4) is 44.9 Å². The molecule has 0 aliphatic heterocycles. The maximum Gasteiger partial charge on any atom is 0.0893 e. The molecule has 0 aliphatic rings. The minimum atomic E-state index is 0.853. The molecule has 3 aromatic heterocycles. The molecule has 38 heavy (non-hydrogen) atoms. The summed E-state index contributed by atoms with van der Waals surface area (Å²) in [6.07, 6.45) is 1.95. The Morgan fingerprint density at radius 3 is 1.87 bits per heavy atom. The molecule has 0 spiro atoms. The van der Waals surface area contributed by atoms with E-state index >= 15 is 0 Å². The SMILES string of the molecule is c1ccc(-c2ccc3nc(-c4ccccc4)cc(-c4ccc(-c5ccc6ccccc6n5)nc4)c3c2)cc1. The van der Waals surface area contributed by atoms with Crippen LogP contribution in [-0.4, -0.2) is 15.0 Å². The van der Waals surface area contributed by atoms with E-state index < -0.39 is 0 Å². The average Bonchev–Trinajstić information content (AvgIpc) is 3.01. The van der Waals surface area contributed by atoms with E-state index in [4.69, 9.17) is 15.0 Å². The molecule has 0 aliphatic carbocycles. The fourth-order valence-electron chi connectivity index (χ4n) is 4.94. The van der Waals surface area contributed by atoms with Crippen LogP contribution in [-0.2, 0) is 0 Å². The zero-order chi connectivity index (χ0) is 25.3. The molecule has 0 saturated carbocycles. The van der Waals surface area contributed by atoms with E-state index in [9.17, 15) is 0 Å². The third-order valence-electron chi connectivity index (χ3n) is 6.92. The van der Waals surface area contributed by atoms with Gasteiger partial charge in [0.05, 0.1) is 28.1 Å². The molecule has 7 rings (SSSR count). The summed E-state index contributed by atoms with van der Waals surface area (Å²) in [7, 11) is 0. The van der Waals surface area contributed by atoms with E-state index in [1.807, 2.05) is 54.7 Å². The maximum atomic E-state index is 5.03. The van der Waals surface area contributed by atoms with Gasteiger partial charge in [0.2, 0.25) is 0 Å². The summed E-state index contributed by atoms with van der Waals surface area (Å²) in [5, 5.41) is 2.23. The topological polar surface area (TPSA) is 38.7 Å². The van der Waals surface area contributed by atoms with Crippen LogP contribution in [0.4, 0.5) is 0 Å². The largest absolute Gasteiger partial charge is 0.254 e. The zero-order valence-electron chi connectivity index (χ0n) is 20.6. The van der Waals surface area contributed by atoms with Crippen LogP contribution >= 0.6 is 0 Å². The Hall–Kier alpha value is -5.15. The number of benzene rings is 4. The van der Waals surface area contributed by atoms with Crippen LogP contribution in [0.3, 0.4) is 0 Å². The lowest BCUT2D eigenvalue weighted by molar-refractivity contribution is 1.28. The van der Waals surface area contributed by atoms with Gasteiger partial charge in [-0.1, -0.05) is 97.1 Å². The molecule has 0 bridgehead atoms. The highest BCUT2D eigenvalue weighted by atomic mass is 14.8. The molecular formula is C35H23N3. The first-order valence-electron chi connectivity index (χ1n) is 12.7. The normalized spacial score (nSPS) is 11.2. The van der Waals surface area contributed by atoms with Crippen LogP contribution < -0.4 is 0 Å². The second kappa shape index (κ2) is 9.38. The van der Waals surface area contributed by atoms with Crippen molar-refractivity contribution in [2.24, 2.45) is 0 Å². The Kier molecular flexibility index (Phi) is 5.45. The fourth-order valence-corrected chi connectivity index (χ4v) is 4.94. The van der Waals surface area contributed by atoms with Crippen molar-refractivity contribution in [2.75, 3.05) is 0 Å². The lowest BCUT2D eigenvalue weighted by Crippen LogP contribution is -1.93. The summed E-state index contributed by atoms with van der Waals surface area (Å²) >= 11 is 0. The lowest BCUT2D eigenvalue weighted by Gasteiger charge is -2.12. The molecule has 0 saturated heterocycles. The summed E-state index contributed by atoms with van der Waals surface area (Å²) in [5.41, 5.74) is 10.2. The standard InChI is InChI=1S/C35H23N3/c1-3-9-24(10-4-1)27-16-18-32-30(21-27)29(22-35(38-32)25-11-5-2-6-12-25)28-17-19-33(36-23-28)34-20-15-26-13-7-8-14-31(26)37-34/h1-23H. The van der Waals surface area contributed by atoms with E-state index in [0.717, 1.165) is 55.6 Å². The van der Waals surface area contributed by atoms with Crippen LogP contribution in [0.2, 0.25) is 0 Å². The van der Waals surface area contributed by atoms with Gasteiger partial charge in [-0.25, -0.2) is 9.97 Å². The van der Waals surface area contributed by atoms with Gasteiger partial charge in [-0.15, -0.1) is 0 Å². The molecule has 0 N–H and O–H groups in total. The van der Waals surface area contributed by atoms with Gasteiger partial charge in [0.25, 0.3) is 0 Å². The summed E-state index contributed by atoms with van der Waals surface area (Å²) in [4.78, 5) is 14.7. The van der Waals surface area contributed by atoms with Crippen molar-refractivity contribution in [1.29, 1.82) is 0 Å². The molecule has 3 heterocycles. The number of rotatable bonds is 4. The van der Waals surface area contributed by atoms with Crippen LogP contribution in [0.25, 0.3) is 66.7 Å². The number of hydrogen-bond donors (Lipinski definition) is 0. The predicted octanol–water partition coefficient (Wildman–Crippen LogP) is 8.85. The van der Waals surface area contributed by atoms with Crippen molar-refractivity contribution in [2.45, 2.75) is 0 Å². The van der Waals surface area contributed by atoms with Crippen molar-refractivity contribution >= 4 is 21.8 Å². The zero-order valence-corrected chi connectivity index (χ0v) is 20.6. The third-order valence-corrected chi connectivity index (χ3v) is 6.92. The smallest absolute Gasteiger partial charge is 0.0893 e. The van der Waals surface area contributed by atoms with Crippen LogP contribution in [0.5, 0.6) is 0 Å². The number of pyridine rings is 3. The number of hydrogen-bond acceptors (Lipinski definition) is 3. The maximum absolute atomic E-state index is 5.03.